The topological polar surface area (TPSA) is 33.1 Å². The summed E-state index contributed by atoms with van der Waals surface area (Å²) >= 11 is 1.79. The molecule has 4 aliphatic rings. The molecule has 104 valence electrons. The lowest BCUT2D eigenvalue weighted by Crippen LogP contribution is -2.58. The van der Waals surface area contributed by atoms with Crippen molar-refractivity contribution >= 4 is 11.3 Å². The zero-order chi connectivity index (χ0) is 13.2. The molecule has 1 aromatic heterocycles. The maximum Gasteiger partial charge on any atom is 0.0959 e. The lowest BCUT2D eigenvalue weighted by atomic mass is 9.49. The van der Waals surface area contributed by atoms with Crippen LogP contribution in [0.1, 0.15) is 47.7 Å². The first-order chi connectivity index (χ1) is 9.04. The van der Waals surface area contributed by atoms with E-state index in [4.69, 9.17) is 0 Å². The van der Waals surface area contributed by atoms with E-state index in [1.807, 2.05) is 0 Å². The summed E-state index contributed by atoms with van der Waals surface area (Å²) < 4.78 is 0. The van der Waals surface area contributed by atoms with Crippen LogP contribution in [0.3, 0.4) is 0 Å². The van der Waals surface area contributed by atoms with Crippen LogP contribution in [-0.4, -0.2) is 15.7 Å². The molecule has 1 aromatic rings. The maximum atomic E-state index is 11.3. The monoisotopic (exact) mass is 277 g/mol. The van der Waals surface area contributed by atoms with Crippen LogP contribution >= 0.6 is 11.3 Å². The van der Waals surface area contributed by atoms with Crippen molar-refractivity contribution in [1.82, 2.24) is 4.98 Å². The summed E-state index contributed by atoms with van der Waals surface area (Å²) in [4.78, 5) is 5.97. The lowest BCUT2D eigenvalue weighted by Gasteiger charge is -2.58. The van der Waals surface area contributed by atoms with Crippen molar-refractivity contribution in [3.63, 3.8) is 0 Å². The summed E-state index contributed by atoms with van der Waals surface area (Å²) in [7, 11) is 0. The third kappa shape index (κ3) is 1.81. The number of aliphatic hydroxyl groups is 1. The SMILES string of the molecule is Cc1nc(CC2(O)C3CC4CC(C3)CC2C4)sc1C. The molecule has 0 amide bonds. The predicted octanol–water partition coefficient (Wildman–Crippen LogP) is 3.49. The second-order valence-electron chi connectivity index (χ2n) is 7.22. The molecule has 0 radical (unpaired) electrons. The van der Waals surface area contributed by atoms with Gasteiger partial charge in [0.2, 0.25) is 0 Å². The molecule has 0 aromatic carbocycles. The van der Waals surface area contributed by atoms with Gasteiger partial charge < -0.3 is 5.11 Å². The van der Waals surface area contributed by atoms with E-state index < -0.39 is 5.60 Å². The van der Waals surface area contributed by atoms with Crippen LogP contribution in [0.15, 0.2) is 0 Å². The fourth-order valence-corrected chi connectivity index (χ4v) is 6.18. The number of nitrogens with zero attached hydrogens (tertiary/aromatic N) is 1. The molecular formula is C16H23NOS. The Morgan fingerprint density at radius 2 is 1.68 bits per heavy atom. The molecule has 1 N–H and O–H groups in total. The van der Waals surface area contributed by atoms with E-state index in [-0.39, 0.29) is 0 Å². The van der Waals surface area contributed by atoms with Crippen LogP contribution in [0.25, 0.3) is 0 Å². The second-order valence-corrected chi connectivity index (χ2v) is 8.51. The third-order valence-electron chi connectivity index (χ3n) is 6.06. The van der Waals surface area contributed by atoms with Gasteiger partial charge in [0.15, 0.2) is 0 Å². The van der Waals surface area contributed by atoms with E-state index in [0.717, 1.165) is 29.0 Å². The smallest absolute Gasteiger partial charge is 0.0959 e. The molecular weight excluding hydrogens is 254 g/mol. The number of thiazole rings is 1. The first kappa shape index (κ1) is 12.3. The number of hydrogen-bond acceptors (Lipinski definition) is 3. The van der Waals surface area contributed by atoms with E-state index >= 15 is 0 Å². The van der Waals surface area contributed by atoms with Gasteiger partial charge in [0.05, 0.1) is 16.3 Å². The van der Waals surface area contributed by atoms with Gasteiger partial charge in [-0.25, -0.2) is 4.98 Å². The van der Waals surface area contributed by atoms with Gasteiger partial charge in [0, 0.05) is 11.3 Å². The van der Waals surface area contributed by atoms with E-state index in [1.54, 1.807) is 11.3 Å². The van der Waals surface area contributed by atoms with Gasteiger partial charge >= 0.3 is 0 Å². The van der Waals surface area contributed by atoms with Gasteiger partial charge in [-0.2, -0.15) is 0 Å². The van der Waals surface area contributed by atoms with Gasteiger partial charge in [0.1, 0.15) is 0 Å². The first-order valence-corrected chi connectivity index (χ1v) is 8.51. The Hall–Kier alpha value is -0.410. The number of aryl methyl sites for hydroxylation is 2. The predicted molar refractivity (Wildman–Crippen MR) is 77.3 cm³/mol. The van der Waals surface area contributed by atoms with E-state index in [2.05, 4.69) is 18.8 Å². The third-order valence-corrected chi connectivity index (χ3v) is 7.13. The van der Waals surface area contributed by atoms with Crippen molar-refractivity contribution in [2.75, 3.05) is 0 Å². The van der Waals surface area contributed by atoms with Gasteiger partial charge in [0.25, 0.3) is 0 Å². The molecule has 2 nitrogen and oxygen atoms in total. The molecule has 4 saturated carbocycles. The Morgan fingerprint density at radius 1 is 1.11 bits per heavy atom. The van der Waals surface area contributed by atoms with Crippen molar-refractivity contribution in [2.45, 2.75) is 58.0 Å². The molecule has 4 aliphatic carbocycles. The van der Waals surface area contributed by atoms with E-state index in [1.165, 1.54) is 37.0 Å². The van der Waals surface area contributed by atoms with E-state index in [0.29, 0.717) is 11.8 Å². The molecule has 4 fully saturated rings. The average Bonchev–Trinajstić information content (AvgIpc) is 2.64. The molecule has 0 atom stereocenters. The quantitative estimate of drug-likeness (QED) is 0.897. The highest BCUT2D eigenvalue weighted by Gasteiger charge is 2.56. The van der Waals surface area contributed by atoms with Crippen LogP contribution in [0.2, 0.25) is 0 Å². The van der Waals surface area contributed by atoms with Crippen molar-refractivity contribution in [3.8, 4) is 0 Å². The fourth-order valence-electron chi connectivity index (χ4n) is 5.15. The maximum absolute atomic E-state index is 11.3. The van der Waals surface area contributed by atoms with Crippen LogP contribution in [0.4, 0.5) is 0 Å². The standard InChI is InChI=1S/C16H23NOS/c1-9-10(2)19-15(17-9)8-16(18)13-4-11-3-12(6-13)7-14(16)5-11/h11-14,18H,3-8H2,1-2H3. The Bertz CT molecular complexity index is 459. The Labute approximate surface area is 119 Å². The zero-order valence-electron chi connectivity index (χ0n) is 11.9. The highest BCUT2D eigenvalue weighted by atomic mass is 32.1. The van der Waals surface area contributed by atoms with Crippen molar-refractivity contribution in [3.05, 3.63) is 15.6 Å². The van der Waals surface area contributed by atoms with Gasteiger partial charge in [-0.05, 0) is 69.6 Å². The molecule has 19 heavy (non-hydrogen) atoms. The Morgan fingerprint density at radius 3 is 2.16 bits per heavy atom. The number of aromatic nitrogens is 1. The first-order valence-electron chi connectivity index (χ1n) is 7.70. The molecule has 0 aliphatic heterocycles. The molecule has 1 heterocycles. The highest BCUT2D eigenvalue weighted by Crippen LogP contribution is 2.59. The van der Waals surface area contributed by atoms with Crippen molar-refractivity contribution < 1.29 is 5.11 Å². The molecule has 0 saturated heterocycles. The largest absolute Gasteiger partial charge is 0.389 e. The zero-order valence-corrected chi connectivity index (χ0v) is 12.7. The summed E-state index contributed by atoms with van der Waals surface area (Å²) in [6.07, 6.45) is 7.33. The fraction of sp³-hybridized carbons (Fsp3) is 0.812. The number of hydrogen-bond donors (Lipinski definition) is 1. The van der Waals surface area contributed by atoms with Crippen molar-refractivity contribution in [1.29, 1.82) is 0 Å². The minimum atomic E-state index is -0.440. The molecule has 3 heteroatoms. The molecule has 4 bridgehead atoms. The summed E-state index contributed by atoms with van der Waals surface area (Å²) in [5.74, 6) is 2.94. The molecule has 0 spiro atoms. The number of rotatable bonds is 2. The van der Waals surface area contributed by atoms with Crippen LogP contribution in [0.5, 0.6) is 0 Å². The van der Waals surface area contributed by atoms with Crippen LogP contribution in [-0.2, 0) is 6.42 Å². The van der Waals surface area contributed by atoms with Crippen LogP contribution in [0, 0.1) is 37.5 Å². The Balaban J connectivity index is 1.62. The summed E-state index contributed by atoms with van der Waals surface area (Å²) in [5.41, 5.74) is 0.705. The van der Waals surface area contributed by atoms with Gasteiger partial charge in [-0.1, -0.05) is 0 Å². The van der Waals surface area contributed by atoms with E-state index in [9.17, 15) is 5.11 Å². The normalized spacial score (nSPS) is 43.9. The average molecular weight is 277 g/mol. The summed E-state index contributed by atoms with van der Waals surface area (Å²) in [6.45, 7) is 4.22. The lowest BCUT2D eigenvalue weighted by molar-refractivity contribution is -0.171. The minimum Gasteiger partial charge on any atom is -0.389 e. The van der Waals surface area contributed by atoms with Gasteiger partial charge in [-0.3, -0.25) is 0 Å². The van der Waals surface area contributed by atoms with Crippen molar-refractivity contribution in [2.24, 2.45) is 23.7 Å². The molecule has 5 rings (SSSR count). The summed E-state index contributed by atoms with van der Waals surface area (Å²) in [5, 5.41) is 12.5. The highest BCUT2D eigenvalue weighted by molar-refractivity contribution is 7.11. The minimum absolute atomic E-state index is 0.440. The second kappa shape index (κ2) is 4.05. The van der Waals surface area contributed by atoms with Gasteiger partial charge in [-0.15, -0.1) is 11.3 Å². The molecule has 0 unspecified atom stereocenters. The Kier molecular flexibility index (Phi) is 2.63. The summed E-state index contributed by atoms with van der Waals surface area (Å²) in [6, 6.07) is 0. The van der Waals surface area contributed by atoms with Crippen LogP contribution < -0.4 is 0 Å².